The second-order valence-electron chi connectivity index (χ2n) is 3.51. The smallest absolute Gasteiger partial charge is 0.262 e. The first-order valence-electron chi connectivity index (χ1n) is 5.22. The average Bonchev–Trinajstić information content (AvgIpc) is 2.38. The van der Waals surface area contributed by atoms with E-state index in [2.05, 4.69) is 9.97 Å². The van der Waals surface area contributed by atoms with E-state index in [4.69, 9.17) is 26.8 Å². The van der Waals surface area contributed by atoms with E-state index in [0.717, 1.165) is 5.56 Å². The standard InChI is InChI=1S/C12H12ClN3O2/c1-17-10-11(14)15-7-16-12(10)18-6-8-2-4-9(13)5-3-8/h2-5,7H,6H2,1H3,(H2,14,15,16). The van der Waals surface area contributed by atoms with Crippen molar-refractivity contribution >= 4 is 17.4 Å². The number of rotatable bonds is 4. The van der Waals surface area contributed by atoms with Gasteiger partial charge in [-0.1, -0.05) is 23.7 Å². The van der Waals surface area contributed by atoms with Crippen molar-refractivity contribution in [3.8, 4) is 11.6 Å². The van der Waals surface area contributed by atoms with Crippen molar-refractivity contribution in [3.05, 3.63) is 41.2 Å². The zero-order chi connectivity index (χ0) is 13.0. The van der Waals surface area contributed by atoms with Gasteiger partial charge in [0.05, 0.1) is 7.11 Å². The summed E-state index contributed by atoms with van der Waals surface area (Å²) in [7, 11) is 1.49. The van der Waals surface area contributed by atoms with Gasteiger partial charge in [-0.05, 0) is 17.7 Å². The number of ether oxygens (including phenoxy) is 2. The number of aromatic nitrogens is 2. The van der Waals surface area contributed by atoms with Crippen molar-refractivity contribution in [3.63, 3.8) is 0 Å². The number of hydrogen-bond donors (Lipinski definition) is 1. The highest BCUT2D eigenvalue weighted by Crippen LogP contribution is 2.29. The molecule has 1 heterocycles. The third-order valence-corrected chi connectivity index (χ3v) is 2.54. The number of methoxy groups -OCH3 is 1. The second kappa shape index (κ2) is 5.55. The molecule has 6 heteroatoms. The van der Waals surface area contributed by atoms with Crippen molar-refractivity contribution in [1.29, 1.82) is 0 Å². The fourth-order valence-corrected chi connectivity index (χ4v) is 1.52. The molecule has 0 saturated heterocycles. The van der Waals surface area contributed by atoms with Gasteiger partial charge in [0.2, 0.25) is 5.75 Å². The number of halogens is 1. The Hall–Kier alpha value is -2.01. The molecule has 2 N–H and O–H groups in total. The molecule has 0 unspecified atom stereocenters. The van der Waals surface area contributed by atoms with Crippen molar-refractivity contribution in [2.45, 2.75) is 6.61 Å². The number of benzene rings is 1. The predicted octanol–water partition coefficient (Wildman–Crippen LogP) is 2.30. The highest BCUT2D eigenvalue weighted by atomic mass is 35.5. The Balaban J connectivity index is 2.10. The molecule has 5 nitrogen and oxygen atoms in total. The number of nitrogens with zero attached hydrogens (tertiary/aromatic N) is 2. The van der Waals surface area contributed by atoms with Crippen molar-refractivity contribution in [1.82, 2.24) is 9.97 Å². The van der Waals surface area contributed by atoms with Gasteiger partial charge in [0.25, 0.3) is 5.88 Å². The first kappa shape index (κ1) is 12.4. The first-order chi connectivity index (χ1) is 8.70. The maximum atomic E-state index is 5.80. The highest BCUT2D eigenvalue weighted by Gasteiger charge is 2.10. The second-order valence-corrected chi connectivity index (χ2v) is 3.95. The molecule has 0 radical (unpaired) electrons. The van der Waals surface area contributed by atoms with Gasteiger partial charge in [-0.25, -0.2) is 4.98 Å². The van der Waals surface area contributed by atoms with Crippen LogP contribution in [0, 0.1) is 0 Å². The molecule has 0 bridgehead atoms. The predicted molar refractivity (Wildman–Crippen MR) is 68.8 cm³/mol. The lowest BCUT2D eigenvalue weighted by Gasteiger charge is -2.10. The Morgan fingerprint density at radius 2 is 1.94 bits per heavy atom. The minimum atomic E-state index is 0.249. The van der Waals surface area contributed by atoms with E-state index >= 15 is 0 Å². The SMILES string of the molecule is COc1c(N)ncnc1OCc1ccc(Cl)cc1. The highest BCUT2D eigenvalue weighted by molar-refractivity contribution is 6.30. The molecule has 0 saturated carbocycles. The number of anilines is 1. The third-order valence-electron chi connectivity index (χ3n) is 2.29. The zero-order valence-electron chi connectivity index (χ0n) is 9.76. The minimum absolute atomic E-state index is 0.249. The van der Waals surface area contributed by atoms with E-state index in [-0.39, 0.29) is 5.82 Å². The van der Waals surface area contributed by atoms with Crippen LogP contribution in [0.1, 0.15) is 5.56 Å². The van der Waals surface area contributed by atoms with Gasteiger partial charge in [0.15, 0.2) is 5.82 Å². The third kappa shape index (κ3) is 2.81. The summed E-state index contributed by atoms with van der Waals surface area (Å²) < 4.78 is 10.6. The fraction of sp³-hybridized carbons (Fsp3) is 0.167. The van der Waals surface area contributed by atoms with Crippen molar-refractivity contribution in [2.75, 3.05) is 12.8 Å². The van der Waals surface area contributed by atoms with Crippen LogP contribution < -0.4 is 15.2 Å². The van der Waals surface area contributed by atoms with Gasteiger partial charge < -0.3 is 15.2 Å². The van der Waals surface area contributed by atoms with Gasteiger partial charge in [0.1, 0.15) is 12.9 Å². The van der Waals surface area contributed by atoms with Crippen LogP contribution in [0.5, 0.6) is 11.6 Å². The Labute approximate surface area is 110 Å². The maximum Gasteiger partial charge on any atom is 0.262 e. The molecule has 1 aromatic carbocycles. The van der Waals surface area contributed by atoms with E-state index in [1.54, 1.807) is 12.1 Å². The largest absolute Gasteiger partial charge is 0.489 e. The molecule has 0 aliphatic heterocycles. The molecule has 0 aliphatic carbocycles. The van der Waals surface area contributed by atoms with Crippen molar-refractivity contribution in [2.24, 2.45) is 0 Å². The Bertz CT molecular complexity index is 531. The summed E-state index contributed by atoms with van der Waals surface area (Å²) in [4.78, 5) is 7.80. The summed E-state index contributed by atoms with van der Waals surface area (Å²) in [6, 6.07) is 7.34. The average molecular weight is 266 g/mol. The van der Waals surface area contributed by atoms with E-state index < -0.39 is 0 Å². The van der Waals surface area contributed by atoms with Crippen LogP contribution in [0.15, 0.2) is 30.6 Å². The Morgan fingerprint density at radius 3 is 2.61 bits per heavy atom. The molecule has 18 heavy (non-hydrogen) atoms. The van der Waals surface area contributed by atoms with E-state index in [1.807, 2.05) is 12.1 Å². The first-order valence-corrected chi connectivity index (χ1v) is 5.60. The zero-order valence-corrected chi connectivity index (χ0v) is 10.5. The van der Waals surface area contributed by atoms with Crippen LogP contribution in [0.2, 0.25) is 5.02 Å². The summed E-state index contributed by atoms with van der Waals surface area (Å²) in [5.41, 5.74) is 6.62. The van der Waals surface area contributed by atoms with E-state index in [1.165, 1.54) is 13.4 Å². The molecule has 2 rings (SSSR count). The van der Waals surface area contributed by atoms with Crippen LogP contribution in [0.25, 0.3) is 0 Å². The van der Waals surface area contributed by atoms with Crippen LogP contribution in [0.3, 0.4) is 0 Å². The number of nitrogen functional groups attached to an aromatic ring is 1. The molecule has 2 aromatic rings. The lowest BCUT2D eigenvalue weighted by Crippen LogP contribution is -2.03. The minimum Gasteiger partial charge on any atom is -0.489 e. The summed E-state index contributed by atoms with van der Waals surface area (Å²) in [6.45, 7) is 0.351. The maximum absolute atomic E-state index is 5.80. The van der Waals surface area contributed by atoms with Crippen LogP contribution in [-0.4, -0.2) is 17.1 Å². The monoisotopic (exact) mass is 265 g/mol. The van der Waals surface area contributed by atoms with Gasteiger partial charge >= 0.3 is 0 Å². The lowest BCUT2D eigenvalue weighted by molar-refractivity contribution is 0.272. The van der Waals surface area contributed by atoms with E-state index in [9.17, 15) is 0 Å². The fourth-order valence-electron chi connectivity index (χ4n) is 1.40. The normalized spacial score (nSPS) is 10.1. The molecule has 1 aromatic heterocycles. The van der Waals surface area contributed by atoms with Crippen LogP contribution in [0.4, 0.5) is 5.82 Å². The Morgan fingerprint density at radius 1 is 1.22 bits per heavy atom. The van der Waals surface area contributed by atoms with Crippen LogP contribution in [-0.2, 0) is 6.61 Å². The molecule has 0 amide bonds. The molecular formula is C12H12ClN3O2. The molecular weight excluding hydrogens is 254 g/mol. The number of hydrogen-bond acceptors (Lipinski definition) is 5. The lowest BCUT2D eigenvalue weighted by atomic mass is 10.2. The summed E-state index contributed by atoms with van der Waals surface area (Å²) in [5.74, 6) is 0.907. The number of nitrogens with two attached hydrogens (primary N) is 1. The van der Waals surface area contributed by atoms with E-state index in [0.29, 0.717) is 23.3 Å². The van der Waals surface area contributed by atoms with Crippen molar-refractivity contribution < 1.29 is 9.47 Å². The molecule has 0 spiro atoms. The Kier molecular flexibility index (Phi) is 3.84. The molecule has 0 atom stereocenters. The van der Waals surface area contributed by atoms with Gasteiger partial charge in [0, 0.05) is 5.02 Å². The summed E-state index contributed by atoms with van der Waals surface area (Å²) in [6.07, 6.45) is 1.33. The topological polar surface area (TPSA) is 70.3 Å². The van der Waals surface area contributed by atoms with Gasteiger partial charge in [-0.3, -0.25) is 0 Å². The molecule has 0 aliphatic rings. The van der Waals surface area contributed by atoms with Crippen LogP contribution >= 0.6 is 11.6 Å². The quantitative estimate of drug-likeness (QED) is 0.918. The van der Waals surface area contributed by atoms with Gasteiger partial charge in [-0.2, -0.15) is 4.98 Å². The van der Waals surface area contributed by atoms with Gasteiger partial charge in [-0.15, -0.1) is 0 Å². The summed E-state index contributed by atoms with van der Waals surface area (Å²) >= 11 is 5.80. The molecule has 0 fully saturated rings. The molecule has 94 valence electrons. The summed E-state index contributed by atoms with van der Waals surface area (Å²) in [5, 5.41) is 0.683.